The molecule has 0 unspecified atom stereocenters. The number of aliphatic hydroxyl groups is 27. The van der Waals surface area contributed by atoms with Crippen LogP contribution in [0.5, 0.6) is 0 Å². The number of carboxylic acids is 2. The summed E-state index contributed by atoms with van der Waals surface area (Å²) in [6, 6.07) is -7.34. The second-order valence-corrected chi connectivity index (χ2v) is 31.1. The summed E-state index contributed by atoms with van der Waals surface area (Å²) in [6.07, 6.45) is -91.5. The highest BCUT2D eigenvalue weighted by atomic mass is 16.8. The van der Waals surface area contributed by atoms with E-state index in [-0.39, 0.29) is 0 Å². The molecule has 9 rings (SSSR count). The SMILES string of the molecule is CC(=O)N[C@H]1[C@H](O[C@@H]2[C@@H](OC[C@H]3O[C@H](O)[C@@H](O)[C@@H](O[C@H]4O[C@H](CO)[C@@H](O)[C@H](O)[C@@H]4O[C@@H]4O[C@H](CO)[C@@H](O[C@@H]5O[C@H](CO[C@]6(C(=O)O)C[C@H](O)[C@@H](NC(C)=O)[C@H]([C@H](O)[C@H](O)CO)O6)[C@H](O)[C@H](O)[C@H]5O)[C@H](O)[C@H]4NC(C)=O)[C@@H]3O)O[C@H](CO)[C@@H](O)[C@@H]2O)O[C@H](CO)[C@@H](O[C@@H]2O[C@H](CO[C@]3(C(=O)O)C[C@H](O)[C@@H](NC(C)=O)[C@H]([C@H](O)[C@H](O)CO)O3)[C@H](O)[C@H](O)[C@H]2O)[C@@H]1O. The minimum atomic E-state index is -3.07. The third-order valence-corrected chi connectivity index (χ3v) is 22.3. The van der Waals surface area contributed by atoms with Crippen LogP contribution in [0.15, 0.2) is 0 Å². The normalized spacial score (nSPS) is 46.3. The highest BCUT2D eigenvalue weighted by Gasteiger charge is 2.63. The minimum absolute atomic E-state index is 0.833. The van der Waals surface area contributed by atoms with Crippen molar-refractivity contribution in [1.29, 1.82) is 0 Å². The Balaban J connectivity index is 0.893. The van der Waals surface area contributed by atoms with Gasteiger partial charge in [0.1, 0.15) is 207 Å². The van der Waals surface area contributed by atoms with E-state index in [9.17, 15) is 177 Å². The molecule has 0 saturated carbocycles. The lowest BCUT2D eigenvalue weighted by atomic mass is 9.88. The fraction of sp³-hybridized carbons (Fsp3) is 0.912. The van der Waals surface area contributed by atoms with Crippen LogP contribution in [-0.2, 0) is 109 Å². The molecule has 0 spiro atoms. The maximum Gasteiger partial charge on any atom is 0.364 e. The lowest BCUT2D eigenvalue weighted by molar-refractivity contribution is -0.391. The van der Waals surface area contributed by atoms with E-state index < -0.39 is 395 Å². The number of aliphatic carboxylic acids is 2. The average molecular weight is 1820 g/mol. The number of ether oxygens (including phenoxy) is 17. The zero-order valence-corrected chi connectivity index (χ0v) is 66.1. The van der Waals surface area contributed by atoms with E-state index in [2.05, 4.69) is 21.3 Å². The minimum Gasteiger partial charge on any atom is -0.477 e. The topological polar surface area (TPSA) is 894 Å². The van der Waals surface area contributed by atoms with Crippen molar-refractivity contribution in [3.8, 4) is 0 Å². The number of aliphatic hydroxyl groups excluding tert-OH is 27. The Morgan fingerprint density at radius 1 is 0.331 bits per heavy atom. The molecule has 33 N–H and O–H groups in total. The van der Waals surface area contributed by atoms with E-state index >= 15 is 0 Å². The van der Waals surface area contributed by atoms with Crippen LogP contribution in [0.25, 0.3) is 0 Å². The number of hydrogen-bond acceptors (Lipinski definition) is 50. The van der Waals surface area contributed by atoms with E-state index in [1.54, 1.807) is 0 Å². The van der Waals surface area contributed by atoms with Crippen molar-refractivity contribution in [2.45, 2.75) is 328 Å². The van der Waals surface area contributed by atoms with Gasteiger partial charge >= 0.3 is 11.9 Å². The smallest absolute Gasteiger partial charge is 0.364 e. The number of nitrogens with one attached hydrogen (secondary N) is 4. The van der Waals surface area contributed by atoms with Gasteiger partial charge in [0.2, 0.25) is 23.6 Å². The molecule has 9 aliphatic rings. The highest BCUT2D eigenvalue weighted by molar-refractivity contribution is 5.78. The van der Waals surface area contributed by atoms with Gasteiger partial charge in [-0.3, -0.25) is 19.2 Å². The van der Waals surface area contributed by atoms with Gasteiger partial charge in [-0.15, -0.1) is 0 Å². The van der Waals surface area contributed by atoms with E-state index in [1.165, 1.54) is 0 Å². The van der Waals surface area contributed by atoms with Crippen LogP contribution in [0.4, 0.5) is 0 Å². The van der Waals surface area contributed by atoms with Crippen molar-refractivity contribution >= 4 is 35.6 Å². The molecule has 9 aliphatic heterocycles. The van der Waals surface area contributed by atoms with Crippen molar-refractivity contribution in [2.24, 2.45) is 0 Å². The first-order valence-corrected chi connectivity index (χ1v) is 38.9. The van der Waals surface area contributed by atoms with Gasteiger partial charge in [0.25, 0.3) is 11.6 Å². The molecule has 56 nitrogen and oxygen atoms in total. The molecule has 56 heteroatoms. The Hall–Kier alpha value is -4.94. The van der Waals surface area contributed by atoms with Crippen molar-refractivity contribution in [1.82, 2.24) is 21.3 Å². The summed E-state index contributed by atoms with van der Waals surface area (Å²) < 4.78 is 98.3. The van der Waals surface area contributed by atoms with Crippen LogP contribution in [0.3, 0.4) is 0 Å². The molecular weight excluding hydrogens is 1700 g/mol. The second-order valence-electron chi connectivity index (χ2n) is 31.1. The van der Waals surface area contributed by atoms with Gasteiger partial charge in [-0.2, -0.15) is 0 Å². The molecule has 0 aromatic carbocycles. The predicted molar refractivity (Wildman–Crippen MR) is 378 cm³/mol. The molecular formula is C68H112N4O52. The lowest BCUT2D eigenvalue weighted by Crippen LogP contribution is -2.70. The van der Waals surface area contributed by atoms with Gasteiger partial charge in [-0.05, 0) is 0 Å². The Bertz CT molecular complexity index is 3450. The fourth-order valence-electron chi connectivity index (χ4n) is 15.6. The van der Waals surface area contributed by atoms with Crippen molar-refractivity contribution in [3.63, 3.8) is 0 Å². The number of carbonyl (C=O) groups excluding carboxylic acids is 4. The summed E-state index contributed by atoms with van der Waals surface area (Å²) in [4.78, 5) is 75.9. The second kappa shape index (κ2) is 43.9. The van der Waals surface area contributed by atoms with Gasteiger partial charge in [-0.1, -0.05) is 0 Å². The number of carbonyl (C=O) groups is 6. The fourth-order valence-corrected chi connectivity index (χ4v) is 15.6. The van der Waals surface area contributed by atoms with Crippen LogP contribution >= 0.6 is 0 Å². The van der Waals surface area contributed by atoms with Crippen LogP contribution in [0, 0.1) is 0 Å². The highest BCUT2D eigenvalue weighted by Crippen LogP contribution is 2.42. The summed E-state index contributed by atoms with van der Waals surface area (Å²) in [5.74, 6) is -13.9. The van der Waals surface area contributed by atoms with Crippen LogP contribution in [-0.4, -0.2) is 530 Å². The summed E-state index contributed by atoms with van der Waals surface area (Å²) in [5, 5.41) is 328. The Morgan fingerprint density at radius 2 is 0.645 bits per heavy atom. The predicted octanol–water partition coefficient (Wildman–Crippen LogP) is -21.6. The van der Waals surface area contributed by atoms with Gasteiger partial charge in [0.05, 0.1) is 83.8 Å². The first-order chi connectivity index (χ1) is 58.3. The van der Waals surface area contributed by atoms with Crippen molar-refractivity contribution in [3.05, 3.63) is 0 Å². The molecule has 716 valence electrons. The number of carboxylic acid groups (broad SMARTS) is 2. The Morgan fingerprint density at radius 3 is 1.00 bits per heavy atom. The van der Waals surface area contributed by atoms with Crippen LogP contribution in [0.1, 0.15) is 40.5 Å². The molecule has 4 amide bonds. The van der Waals surface area contributed by atoms with Crippen LogP contribution < -0.4 is 21.3 Å². The van der Waals surface area contributed by atoms with E-state index in [0.29, 0.717) is 0 Å². The number of amides is 4. The van der Waals surface area contributed by atoms with Crippen molar-refractivity contribution < 1.29 is 257 Å². The molecule has 0 bridgehead atoms. The largest absolute Gasteiger partial charge is 0.477 e. The molecule has 0 aliphatic carbocycles. The van der Waals surface area contributed by atoms with Gasteiger partial charge in [0.15, 0.2) is 44.0 Å². The van der Waals surface area contributed by atoms with Gasteiger partial charge in [-0.25, -0.2) is 9.59 Å². The first kappa shape index (κ1) is 103. The maximum atomic E-state index is 13.0. The summed E-state index contributed by atoms with van der Waals surface area (Å²) >= 11 is 0. The third kappa shape index (κ3) is 22.6. The molecule has 9 fully saturated rings. The monoisotopic (exact) mass is 1820 g/mol. The lowest BCUT2D eigenvalue weighted by Gasteiger charge is -2.50. The first-order valence-electron chi connectivity index (χ1n) is 38.9. The zero-order chi connectivity index (χ0) is 92.1. The van der Waals surface area contributed by atoms with Crippen molar-refractivity contribution in [2.75, 3.05) is 59.5 Å². The molecule has 9 heterocycles. The molecule has 0 radical (unpaired) electrons. The average Bonchev–Trinajstić information content (AvgIpc) is 0.770. The molecule has 0 aromatic rings. The number of rotatable bonds is 35. The standard InChI is InChI=1S/C68H112N4O52/c1-16(79)69-31-20(83)5-67(65(104)105,123-53(31)35(87)22(85)7-73)109-14-29-39(91)44(96)48(100)61(116-29)118-51-26(11-77)114-59(33(42(51)94)71-18(3)81)121-56-46(98)37(89)24(9-75)112-63(56)108-13-28-41(93)55(50(102)58(103)111-28)120-64-57(47(99)38(90)25(10-76)113-64)122-60-34(72-19(4)82)43(95)52(27(12-78)115-60)119-62-49(101)45(97)40(92)30(117-62)15-110-68(66(106)107)6-21(84)32(70-17(2)80)54(124-68)36(88)23(86)8-74/h20-64,73-78,83-103H,5-15H2,1-4H3,(H,69,79)(H,70,80)(H,71,81)(H,72,82)(H,104,105)(H,106,107)/t20-,21-,22+,23+,24+,25+,26+,27+,28+,29+,30+,31+,32+,33+,34+,35+,36+,37+,38+,39-,40-,41+,42+,43+,44-,45-,46-,47-,48+,49+,50-,51+,52+,53+,54+,55-,56-,57-,58-,59-,60-,61-,62-,63-,64+,67+,68+/m0/s1. The molecule has 47 atom stereocenters. The Labute approximate surface area is 699 Å². The van der Waals surface area contributed by atoms with E-state index in [4.69, 9.17) is 80.5 Å². The maximum absolute atomic E-state index is 13.0. The van der Waals surface area contributed by atoms with Crippen LogP contribution in [0.2, 0.25) is 0 Å². The number of hydrogen-bond donors (Lipinski definition) is 33. The summed E-state index contributed by atoms with van der Waals surface area (Å²) in [6.45, 7) is -6.80. The van der Waals surface area contributed by atoms with E-state index in [1.807, 2.05) is 0 Å². The van der Waals surface area contributed by atoms with E-state index in [0.717, 1.165) is 27.7 Å². The molecule has 9 saturated heterocycles. The summed E-state index contributed by atoms with van der Waals surface area (Å²) in [7, 11) is 0. The third-order valence-electron chi connectivity index (χ3n) is 22.3. The Kier molecular flexibility index (Phi) is 36.4. The van der Waals surface area contributed by atoms with Gasteiger partial charge < -0.3 is 250 Å². The van der Waals surface area contributed by atoms with Gasteiger partial charge in [0, 0.05) is 40.5 Å². The molecule has 124 heavy (non-hydrogen) atoms. The quantitative estimate of drug-likeness (QED) is 0.0280. The molecule has 0 aromatic heterocycles. The zero-order valence-electron chi connectivity index (χ0n) is 66.1. The summed E-state index contributed by atoms with van der Waals surface area (Å²) in [5.41, 5.74) is 0.